The summed E-state index contributed by atoms with van der Waals surface area (Å²) < 4.78 is 10.0. The van der Waals surface area contributed by atoms with Crippen LogP contribution in [0.3, 0.4) is 0 Å². The van der Waals surface area contributed by atoms with E-state index in [1.807, 2.05) is 0 Å². The Bertz CT molecular complexity index is 155. The lowest BCUT2D eigenvalue weighted by molar-refractivity contribution is -0.141. The zero-order valence-corrected chi connectivity index (χ0v) is 5.75. The third-order valence-electron chi connectivity index (χ3n) is 2.11. The van der Waals surface area contributed by atoms with Crippen LogP contribution in [0.25, 0.3) is 0 Å². The molecule has 5 nitrogen and oxygen atoms in total. The monoisotopic (exact) mass is 162 g/mol. The van der Waals surface area contributed by atoms with E-state index in [1.165, 1.54) is 0 Å². The second-order valence-electron chi connectivity index (χ2n) is 2.81. The molecule has 0 radical (unpaired) electrons. The highest BCUT2D eigenvalue weighted by atomic mass is 16.8. The van der Waals surface area contributed by atoms with Crippen LogP contribution < -0.4 is 0 Å². The Morgan fingerprint density at radius 2 is 1.82 bits per heavy atom. The molecule has 2 heterocycles. The molecule has 2 bridgehead atoms. The fourth-order valence-electron chi connectivity index (χ4n) is 1.49. The highest BCUT2D eigenvalue weighted by Gasteiger charge is 2.54. The average molecular weight is 162 g/mol. The second-order valence-corrected chi connectivity index (χ2v) is 2.81. The molecule has 5 heteroatoms. The molecule has 2 rings (SSSR count). The van der Waals surface area contributed by atoms with Crippen molar-refractivity contribution in [3.05, 3.63) is 0 Å². The number of rotatable bonds is 1. The van der Waals surface area contributed by atoms with Crippen LogP contribution in [0.15, 0.2) is 0 Å². The largest absolute Gasteiger partial charge is 0.394 e. The van der Waals surface area contributed by atoms with E-state index in [2.05, 4.69) is 0 Å². The Labute approximate surface area is 63.2 Å². The lowest BCUT2D eigenvalue weighted by atomic mass is 10.0. The van der Waals surface area contributed by atoms with Crippen molar-refractivity contribution in [2.24, 2.45) is 0 Å². The van der Waals surface area contributed by atoms with Crippen LogP contribution in [-0.4, -0.2) is 52.6 Å². The Kier molecular flexibility index (Phi) is 1.62. The Morgan fingerprint density at radius 3 is 2.27 bits per heavy atom. The van der Waals surface area contributed by atoms with Gasteiger partial charge in [-0.2, -0.15) is 0 Å². The zero-order chi connectivity index (χ0) is 8.01. The molecule has 2 fully saturated rings. The standard InChI is InChI=1S/C6H10O5/c7-1-2-5-3(8)4(9)6(10-2)11-5/h2-9H,1H2/t2-,3-,4-,5+,6+/m1/s1. The quantitative estimate of drug-likeness (QED) is 0.408. The molecule has 0 aromatic heterocycles. The van der Waals surface area contributed by atoms with Crippen molar-refractivity contribution in [1.82, 2.24) is 0 Å². The van der Waals surface area contributed by atoms with E-state index in [-0.39, 0.29) is 6.61 Å². The van der Waals surface area contributed by atoms with Gasteiger partial charge >= 0.3 is 0 Å². The number of hydrogen-bond acceptors (Lipinski definition) is 5. The van der Waals surface area contributed by atoms with E-state index in [0.717, 1.165) is 0 Å². The number of aliphatic hydroxyl groups is 3. The van der Waals surface area contributed by atoms with Gasteiger partial charge in [0.2, 0.25) is 0 Å². The van der Waals surface area contributed by atoms with Gasteiger partial charge in [0.05, 0.1) is 6.61 Å². The van der Waals surface area contributed by atoms with Crippen molar-refractivity contribution in [3.63, 3.8) is 0 Å². The fourth-order valence-corrected chi connectivity index (χ4v) is 1.49. The van der Waals surface area contributed by atoms with E-state index in [0.29, 0.717) is 0 Å². The predicted octanol–water partition coefficient (Wildman–Crippen LogP) is -2.18. The van der Waals surface area contributed by atoms with E-state index in [9.17, 15) is 5.11 Å². The van der Waals surface area contributed by atoms with E-state index < -0.39 is 30.7 Å². The second kappa shape index (κ2) is 2.40. The van der Waals surface area contributed by atoms with Crippen molar-refractivity contribution < 1.29 is 24.8 Å². The molecule has 0 aromatic rings. The van der Waals surface area contributed by atoms with Crippen LogP contribution in [0.2, 0.25) is 0 Å². The molecule has 64 valence electrons. The van der Waals surface area contributed by atoms with Crippen LogP contribution in [0, 0.1) is 0 Å². The molecular weight excluding hydrogens is 152 g/mol. The highest BCUT2D eigenvalue weighted by Crippen LogP contribution is 2.33. The van der Waals surface area contributed by atoms with Crippen molar-refractivity contribution >= 4 is 0 Å². The Hall–Kier alpha value is -0.200. The van der Waals surface area contributed by atoms with Gasteiger partial charge in [0, 0.05) is 0 Å². The minimum absolute atomic E-state index is 0.190. The first kappa shape index (κ1) is 7.45. The minimum Gasteiger partial charge on any atom is -0.394 e. The van der Waals surface area contributed by atoms with Crippen molar-refractivity contribution in [3.8, 4) is 0 Å². The van der Waals surface area contributed by atoms with Gasteiger partial charge in [-0.05, 0) is 0 Å². The van der Waals surface area contributed by atoms with Crippen molar-refractivity contribution in [1.29, 1.82) is 0 Å². The number of hydrogen-bond donors (Lipinski definition) is 3. The first-order chi connectivity index (χ1) is 5.24. The number of aliphatic hydroxyl groups excluding tert-OH is 3. The number of fused-ring (bicyclic) bond motifs is 2. The Morgan fingerprint density at radius 1 is 1.09 bits per heavy atom. The van der Waals surface area contributed by atoms with Gasteiger partial charge in [-0.25, -0.2) is 0 Å². The molecule has 2 saturated heterocycles. The van der Waals surface area contributed by atoms with Gasteiger partial charge in [0.25, 0.3) is 0 Å². The van der Waals surface area contributed by atoms with Gasteiger partial charge in [0.1, 0.15) is 24.4 Å². The summed E-state index contributed by atoms with van der Waals surface area (Å²) in [6.07, 6.45) is -3.71. The van der Waals surface area contributed by atoms with Gasteiger partial charge in [-0.1, -0.05) is 0 Å². The SMILES string of the molecule is OC[C@H]1O[C@H]2O[C@@H]1[C@H](O)[C@H]2O. The summed E-state index contributed by atoms with van der Waals surface area (Å²) in [5.41, 5.74) is 0. The molecule has 3 N–H and O–H groups in total. The third kappa shape index (κ3) is 0.896. The smallest absolute Gasteiger partial charge is 0.187 e. The van der Waals surface area contributed by atoms with E-state index >= 15 is 0 Å². The summed E-state index contributed by atoms with van der Waals surface area (Å²) in [6, 6.07) is 0. The summed E-state index contributed by atoms with van der Waals surface area (Å²) in [7, 11) is 0. The molecule has 0 aromatic carbocycles. The molecule has 0 saturated carbocycles. The normalized spacial score (nSPS) is 55.4. The highest BCUT2D eigenvalue weighted by molar-refractivity contribution is 4.96. The van der Waals surface area contributed by atoms with E-state index in [4.69, 9.17) is 19.7 Å². The van der Waals surface area contributed by atoms with Gasteiger partial charge < -0.3 is 24.8 Å². The molecule has 2 aliphatic rings. The minimum atomic E-state index is -0.970. The number of ether oxygens (including phenoxy) is 2. The van der Waals surface area contributed by atoms with Crippen LogP contribution in [-0.2, 0) is 9.47 Å². The lowest BCUT2D eigenvalue weighted by Gasteiger charge is -2.24. The van der Waals surface area contributed by atoms with Crippen molar-refractivity contribution in [2.75, 3.05) is 6.61 Å². The molecule has 0 unspecified atom stereocenters. The van der Waals surface area contributed by atoms with Gasteiger partial charge in [0.15, 0.2) is 6.29 Å². The van der Waals surface area contributed by atoms with E-state index in [1.54, 1.807) is 0 Å². The maximum absolute atomic E-state index is 9.22. The van der Waals surface area contributed by atoms with Crippen LogP contribution in [0.4, 0.5) is 0 Å². The fraction of sp³-hybridized carbons (Fsp3) is 1.00. The molecule has 5 atom stereocenters. The van der Waals surface area contributed by atoms with Crippen LogP contribution in [0.1, 0.15) is 0 Å². The molecule has 11 heavy (non-hydrogen) atoms. The van der Waals surface area contributed by atoms with Crippen LogP contribution in [0.5, 0.6) is 0 Å². The molecule has 2 aliphatic heterocycles. The molecular formula is C6H10O5. The summed E-state index contributed by atoms with van der Waals surface area (Å²) in [5.74, 6) is 0. The maximum atomic E-state index is 9.22. The lowest BCUT2D eigenvalue weighted by Crippen LogP contribution is -2.46. The van der Waals surface area contributed by atoms with Crippen LogP contribution >= 0.6 is 0 Å². The predicted molar refractivity (Wildman–Crippen MR) is 32.6 cm³/mol. The Balaban J connectivity index is 2.10. The molecule has 0 aliphatic carbocycles. The summed E-state index contributed by atoms with van der Waals surface area (Å²) in [4.78, 5) is 0. The van der Waals surface area contributed by atoms with Gasteiger partial charge in [-0.15, -0.1) is 0 Å². The zero-order valence-electron chi connectivity index (χ0n) is 5.75. The summed E-state index contributed by atoms with van der Waals surface area (Å²) in [5, 5.41) is 27.0. The molecule has 0 amide bonds. The summed E-state index contributed by atoms with van der Waals surface area (Å²) in [6.45, 7) is -0.190. The topological polar surface area (TPSA) is 79.2 Å². The summed E-state index contributed by atoms with van der Waals surface area (Å²) >= 11 is 0. The van der Waals surface area contributed by atoms with Gasteiger partial charge in [-0.3, -0.25) is 0 Å². The third-order valence-corrected chi connectivity index (χ3v) is 2.11. The molecule has 0 spiro atoms. The maximum Gasteiger partial charge on any atom is 0.187 e. The van der Waals surface area contributed by atoms with Crippen molar-refractivity contribution in [2.45, 2.75) is 30.7 Å². The average Bonchev–Trinajstić information content (AvgIpc) is 2.53. The first-order valence-corrected chi connectivity index (χ1v) is 3.52. The first-order valence-electron chi connectivity index (χ1n) is 3.52.